The fourth-order valence-electron chi connectivity index (χ4n) is 1.43. The van der Waals surface area contributed by atoms with Gasteiger partial charge in [0.2, 0.25) is 0 Å². The third-order valence-corrected chi connectivity index (χ3v) is 2.35. The number of methoxy groups -OCH3 is 1. The van der Waals surface area contributed by atoms with Gasteiger partial charge in [-0.2, -0.15) is 0 Å². The van der Waals surface area contributed by atoms with Gasteiger partial charge in [-0.1, -0.05) is 32.9 Å². The van der Waals surface area contributed by atoms with Gasteiger partial charge in [0, 0.05) is 0 Å². The molecular formula is C12H18O. The van der Waals surface area contributed by atoms with Gasteiger partial charge in [0.1, 0.15) is 5.75 Å². The van der Waals surface area contributed by atoms with Gasteiger partial charge in [0.25, 0.3) is 0 Å². The summed E-state index contributed by atoms with van der Waals surface area (Å²) in [5.41, 5.74) is 2.69. The highest BCUT2D eigenvalue weighted by molar-refractivity contribution is 5.38. The smallest absolute Gasteiger partial charge is 0.122 e. The Morgan fingerprint density at radius 3 is 2.46 bits per heavy atom. The molecule has 0 saturated heterocycles. The number of aryl methyl sites for hydroxylation is 1. The average molecular weight is 178 g/mol. The maximum absolute atomic E-state index is 5.27. The highest BCUT2D eigenvalue weighted by Crippen LogP contribution is 2.24. The Morgan fingerprint density at radius 1 is 1.31 bits per heavy atom. The molecular weight excluding hydrogens is 160 g/mol. The van der Waals surface area contributed by atoms with E-state index in [1.165, 1.54) is 11.1 Å². The molecule has 0 spiro atoms. The van der Waals surface area contributed by atoms with E-state index in [9.17, 15) is 0 Å². The van der Waals surface area contributed by atoms with Crippen molar-refractivity contribution >= 4 is 0 Å². The molecule has 0 radical (unpaired) electrons. The summed E-state index contributed by atoms with van der Waals surface area (Å²) in [6.07, 6.45) is 1.03. The zero-order chi connectivity index (χ0) is 9.84. The molecule has 0 bridgehead atoms. The van der Waals surface area contributed by atoms with E-state index in [-0.39, 0.29) is 0 Å². The first-order valence-corrected chi connectivity index (χ1v) is 4.85. The van der Waals surface area contributed by atoms with Gasteiger partial charge < -0.3 is 4.74 Å². The van der Waals surface area contributed by atoms with Crippen LogP contribution in [0.4, 0.5) is 0 Å². The Balaban J connectivity index is 3.05. The van der Waals surface area contributed by atoms with E-state index in [0.717, 1.165) is 12.2 Å². The first-order valence-electron chi connectivity index (χ1n) is 4.85. The summed E-state index contributed by atoms with van der Waals surface area (Å²) < 4.78 is 5.27. The lowest BCUT2D eigenvalue weighted by Crippen LogP contribution is -1.94. The Labute approximate surface area is 80.7 Å². The van der Waals surface area contributed by atoms with Crippen LogP contribution in [0.15, 0.2) is 18.2 Å². The SMILES string of the molecule is CCc1cc(C(C)C)ccc1OC. The fraction of sp³-hybridized carbons (Fsp3) is 0.500. The van der Waals surface area contributed by atoms with Crippen LogP contribution < -0.4 is 4.74 Å². The maximum Gasteiger partial charge on any atom is 0.122 e. The molecule has 1 nitrogen and oxygen atoms in total. The lowest BCUT2D eigenvalue weighted by molar-refractivity contribution is 0.410. The molecule has 1 aromatic carbocycles. The summed E-state index contributed by atoms with van der Waals surface area (Å²) in [6.45, 7) is 6.57. The largest absolute Gasteiger partial charge is 0.496 e. The fourth-order valence-corrected chi connectivity index (χ4v) is 1.43. The molecule has 0 N–H and O–H groups in total. The highest BCUT2D eigenvalue weighted by Gasteiger charge is 2.04. The van der Waals surface area contributed by atoms with E-state index >= 15 is 0 Å². The van der Waals surface area contributed by atoms with Crippen molar-refractivity contribution < 1.29 is 4.74 Å². The van der Waals surface area contributed by atoms with Crippen molar-refractivity contribution in [3.05, 3.63) is 29.3 Å². The van der Waals surface area contributed by atoms with E-state index < -0.39 is 0 Å². The Kier molecular flexibility index (Phi) is 3.35. The predicted molar refractivity (Wildman–Crippen MR) is 56.5 cm³/mol. The Morgan fingerprint density at radius 2 is 2.00 bits per heavy atom. The van der Waals surface area contributed by atoms with E-state index in [2.05, 4.69) is 39.0 Å². The van der Waals surface area contributed by atoms with E-state index in [4.69, 9.17) is 4.74 Å². The van der Waals surface area contributed by atoms with Crippen molar-refractivity contribution in [1.29, 1.82) is 0 Å². The van der Waals surface area contributed by atoms with Crippen LogP contribution in [-0.2, 0) is 6.42 Å². The summed E-state index contributed by atoms with van der Waals surface area (Å²) in [5, 5.41) is 0. The third kappa shape index (κ3) is 2.24. The van der Waals surface area contributed by atoms with Gasteiger partial charge in [-0.3, -0.25) is 0 Å². The number of hydrogen-bond donors (Lipinski definition) is 0. The zero-order valence-electron chi connectivity index (χ0n) is 8.92. The molecule has 0 amide bonds. The standard InChI is InChI=1S/C12H18O/c1-5-10-8-11(9(2)3)6-7-12(10)13-4/h6-9H,5H2,1-4H3. The minimum Gasteiger partial charge on any atom is -0.496 e. The van der Waals surface area contributed by atoms with E-state index in [0.29, 0.717) is 5.92 Å². The molecule has 0 aromatic heterocycles. The van der Waals surface area contributed by atoms with Crippen LogP contribution in [0, 0.1) is 0 Å². The van der Waals surface area contributed by atoms with Crippen LogP contribution in [0.3, 0.4) is 0 Å². The van der Waals surface area contributed by atoms with Crippen molar-refractivity contribution in [2.75, 3.05) is 7.11 Å². The second-order valence-electron chi connectivity index (χ2n) is 3.58. The topological polar surface area (TPSA) is 9.23 Å². The molecule has 0 fully saturated rings. The second kappa shape index (κ2) is 4.31. The molecule has 13 heavy (non-hydrogen) atoms. The predicted octanol–water partition coefficient (Wildman–Crippen LogP) is 3.38. The molecule has 0 unspecified atom stereocenters. The van der Waals surface area contributed by atoms with Gasteiger partial charge in [0.05, 0.1) is 7.11 Å². The van der Waals surface area contributed by atoms with Gasteiger partial charge in [-0.15, -0.1) is 0 Å². The van der Waals surface area contributed by atoms with Crippen molar-refractivity contribution in [2.24, 2.45) is 0 Å². The number of benzene rings is 1. The second-order valence-corrected chi connectivity index (χ2v) is 3.58. The molecule has 1 heteroatoms. The van der Waals surface area contributed by atoms with Crippen LogP contribution in [0.5, 0.6) is 5.75 Å². The van der Waals surface area contributed by atoms with E-state index in [1.54, 1.807) is 7.11 Å². The molecule has 0 heterocycles. The molecule has 1 rings (SSSR count). The molecule has 72 valence electrons. The number of rotatable bonds is 3. The summed E-state index contributed by atoms with van der Waals surface area (Å²) in [5.74, 6) is 1.60. The lowest BCUT2D eigenvalue weighted by atomic mass is 9.99. The van der Waals surface area contributed by atoms with Crippen molar-refractivity contribution in [2.45, 2.75) is 33.1 Å². The molecule has 0 aliphatic rings. The van der Waals surface area contributed by atoms with Crippen molar-refractivity contribution in [3.63, 3.8) is 0 Å². The van der Waals surface area contributed by atoms with Crippen LogP contribution in [-0.4, -0.2) is 7.11 Å². The first kappa shape index (κ1) is 10.1. The third-order valence-electron chi connectivity index (χ3n) is 2.35. The van der Waals surface area contributed by atoms with Gasteiger partial charge >= 0.3 is 0 Å². The Hall–Kier alpha value is -0.980. The maximum atomic E-state index is 5.27. The Bertz CT molecular complexity index is 276. The highest BCUT2D eigenvalue weighted by atomic mass is 16.5. The van der Waals surface area contributed by atoms with Gasteiger partial charge in [-0.25, -0.2) is 0 Å². The summed E-state index contributed by atoms with van der Waals surface area (Å²) in [6, 6.07) is 6.44. The number of ether oxygens (including phenoxy) is 1. The summed E-state index contributed by atoms with van der Waals surface area (Å²) in [4.78, 5) is 0. The van der Waals surface area contributed by atoms with Crippen molar-refractivity contribution in [3.8, 4) is 5.75 Å². The molecule has 0 aliphatic heterocycles. The van der Waals surface area contributed by atoms with Gasteiger partial charge in [-0.05, 0) is 29.5 Å². The molecule has 0 aliphatic carbocycles. The van der Waals surface area contributed by atoms with Crippen molar-refractivity contribution in [1.82, 2.24) is 0 Å². The monoisotopic (exact) mass is 178 g/mol. The van der Waals surface area contributed by atoms with Gasteiger partial charge in [0.15, 0.2) is 0 Å². The van der Waals surface area contributed by atoms with E-state index in [1.807, 2.05) is 0 Å². The summed E-state index contributed by atoms with van der Waals surface area (Å²) in [7, 11) is 1.73. The lowest BCUT2D eigenvalue weighted by Gasteiger charge is -2.11. The van der Waals surface area contributed by atoms with Crippen LogP contribution in [0.2, 0.25) is 0 Å². The first-order chi connectivity index (χ1) is 6.19. The van der Waals surface area contributed by atoms with Crippen LogP contribution in [0.1, 0.15) is 37.8 Å². The number of hydrogen-bond acceptors (Lipinski definition) is 1. The minimum atomic E-state index is 0.594. The average Bonchev–Trinajstić information content (AvgIpc) is 2.16. The quantitative estimate of drug-likeness (QED) is 0.689. The summed E-state index contributed by atoms with van der Waals surface area (Å²) >= 11 is 0. The molecule has 0 atom stereocenters. The van der Waals surface area contributed by atoms with Crippen LogP contribution in [0.25, 0.3) is 0 Å². The molecule has 1 aromatic rings. The zero-order valence-corrected chi connectivity index (χ0v) is 8.92. The molecule has 0 saturated carbocycles. The normalized spacial score (nSPS) is 10.5. The van der Waals surface area contributed by atoms with Crippen LogP contribution >= 0.6 is 0 Å². The minimum absolute atomic E-state index is 0.594.